The van der Waals surface area contributed by atoms with Gasteiger partial charge >= 0.3 is 0 Å². The van der Waals surface area contributed by atoms with Crippen molar-refractivity contribution in [2.75, 3.05) is 33.3 Å². The summed E-state index contributed by atoms with van der Waals surface area (Å²) in [7, 11) is 1.62. The maximum atomic E-state index is 10.4. The number of nitrogens with zero attached hydrogens (tertiary/aromatic N) is 3. The van der Waals surface area contributed by atoms with Gasteiger partial charge in [0, 0.05) is 56.5 Å². The van der Waals surface area contributed by atoms with Crippen molar-refractivity contribution in [3.63, 3.8) is 0 Å². The molecule has 1 N–H and O–H groups in total. The second kappa shape index (κ2) is 9.07. The van der Waals surface area contributed by atoms with Crippen molar-refractivity contribution in [1.29, 1.82) is 0 Å². The van der Waals surface area contributed by atoms with Crippen LogP contribution < -0.4 is 4.74 Å². The highest BCUT2D eigenvalue weighted by molar-refractivity contribution is 5.62. The number of pyridine rings is 1. The van der Waals surface area contributed by atoms with Crippen LogP contribution >= 0.6 is 0 Å². The molecule has 2 heterocycles. The number of ether oxygens (including phenoxy) is 1. The summed E-state index contributed by atoms with van der Waals surface area (Å²) in [6, 6.07) is 22.0. The molecule has 0 saturated carbocycles. The number of benzene rings is 2. The zero-order valence-electron chi connectivity index (χ0n) is 16.8. The molecule has 4 rings (SSSR count). The summed E-state index contributed by atoms with van der Waals surface area (Å²) in [6.45, 7) is 5.79. The minimum absolute atomic E-state index is 0.336. The third-order valence-corrected chi connectivity index (χ3v) is 5.42. The molecule has 150 valence electrons. The number of aromatic nitrogens is 1. The number of aromatic hydroxyl groups is 1. The van der Waals surface area contributed by atoms with Gasteiger partial charge in [0.25, 0.3) is 0 Å². The second-order valence-electron chi connectivity index (χ2n) is 7.45. The minimum atomic E-state index is 0.336. The first-order chi connectivity index (χ1) is 14.2. The summed E-state index contributed by atoms with van der Waals surface area (Å²) in [4.78, 5) is 9.40. The van der Waals surface area contributed by atoms with Crippen molar-refractivity contribution in [3.8, 4) is 22.9 Å². The van der Waals surface area contributed by atoms with Crippen molar-refractivity contribution in [1.82, 2.24) is 14.8 Å². The summed E-state index contributed by atoms with van der Waals surface area (Å²) in [5, 5.41) is 10.4. The van der Waals surface area contributed by atoms with E-state index in [1.165, 1.54) is 5.56 Å². The Bertz CT molecular complexity index is 938. The molecule has 0 spiro atoms. The molecule has 0 unspecified atom stereocenters. The largest absolute Gasteiger partial charge is 0.508 e. The third kappa shape index (κ3) is 4.94. The number of piperazine rings is 1. The maximum Gasteiger partial charge on any atom is 0.213 e. The fraction of sp³-hybridized carbons (Fsp3) is 0.292. The summed E-state index contributed by atoms with van der Waals surface area (Å²) in [5.41, 5.74) is 4.12. The lowest BCUT2D eigenvalue weighted by molar-refractivity contribution is 0.121. The Morgan fingerprint density at radius 3 is 2.31 bits per heavy atom. The molecule has 0 bridgehead atoms. The van der Waals surface area contributed by atoms with E-state index in [2.05, 4.69) is 45.1 Å². The van der Waals surface area contributed by atoms with Crippen LogP contribution in [0.3, 0.4) is 0 Å². The number of hydrogen-bond acceptors (Lipinski definition) is 5. The first kappa shape index (κ1) is 19.4. The Morgan fingerprint density at radius 1 is 0.862 bits per heavy atom. The minimum Gasteiger partial charge on any atom is -0.508 e. The van der Waals surface area contributed by atoms with Crippen molar-refractivity contribution in [2.45, 2.75) is 13.1 Å². The van der Waals surface area contributed by atoms with E-state index in [0.717, 1.165) is 56.1 Å². The van der Waals surface area contributed by atoms with Gasteiger partial charge in [0.1, 0.15) is 5.75 Å². The van der Waals surface area contributed by atoms with Gasteiger partial charge in [-0.2, -0.15) is 0 Å². The fourth-order valence-corrected chi connectivity index (χ4v) is 3.75. The van der Waals surface area contributed by atoms with Crippen LogP contribution in [0.5, 0.6) is 11.6 Å². The highest BCUT2D eigenvalue weighted by Crippen LogP contribution is 2.27. The number of phenols is 1. The van der Waals surface area contributed by atoms with Crippen molar-refractivity contribution < 1.29 is 9.84 Å². The Kier molecular flexibility index (Phi) is 6.08. The van der Waals surface area contributed by atoms with E-state index < -0.39 is 0 Å². The quantitative estimate of drug-likeness (QED) is 0.695. The van der Waals surface area contributed by atoms with Crippen molar-refractivity contribution in [3.05, 3.63) is 77.9 Å². The monoisotopic (exact) mass is 389 g/mol. The molecule has 3 aromatic rings. The van der Waals surface area contributed by atoms with Crippen molar-refractivity contribution in [2.24, 2.45) is 0 Å². The predicted octanol–water partition coefficient (Wildman–Crippen LogP) is 3.78. The number of hydrogen-bond donors (Lipinski definition) is 1. The lowest BCUT2D eigenvalue weighted by Crippen LogP contribution is -2.45. The molecule has 0 radical (unpaired) electrons. The summed E-state index contributed by atoms with van der Waals surface area (Å²) < 4.78 is 5.23. The van der Waals surface area contributed by atoms with Gasteiger partial charge in [0.2, 0.25) is 5.88 Å². The van der Waals surface area contributed by atoms with E-state index >= 15 is 0 Å². The molecule has 1 saturated heterocycles. The molecule has 2 aromatic carbocycles. The highest BCUT2D eigenvalue weighted by Gasteiger charge is 2.18. The van der Waals surface area contributed by atoms with Gasteiger partial charge in [-0.15, -0.1) is 0 Å². The van der Waals surface area contributed by atoms with Crippen LogP contribution in [0.15, 0.2) is 66.7 Å². The topological polar surface area (TPSA) is 48.8 Å². The standard InChI is InChI=1S/C24H27N3O2/c1-29-24-9-5-8-22(25-24)20-10-11-23(28)21(16-20)18-27-14-12-26(13-15-27)17-19-6-3-2-4-7-19/h2-11,16,28H,12-15,17-18H2,1H3. The molecule has 5 heteroatoms. The normalized spacial score (nSPS) is 15.3. The second-order valence-corrected chi connectivity index (χ2v) is 7.45. The Balaban J connectivity index is 1.39. The molecule has 0 aliphatic carbocycles. The van der Waals surface area contributed by atoms with Crippen LogP contribution in [0.25, 0.3) is 11.3 Å². The van der Waals surface area contributed by atoms with E-state index in [0.29, 0.717) is 11.6 Å². The van der Waals surface area contributed by atoms with Crippen LogP contribution in [0.2, 0.25) is 0 Å². The molecule has 1 aliphatic rings. The van der Waals surface area contributed by atoms with Gasteiger partial charge in [0.15, 0.2) is 0 Å². The summed E-state index contributed by atoms with van der Waals surface area (Å²) in [6.07, 6.45) is 0. The SMILES string of the molecule is COc1cccc(-c2ccc(O)c(CN3CCN(Cc4ccccc4)CC3)c2)n1. The lowest BCUT2D eigenvalue weighted by atomic mass is 10.1. The van der Waals surface area contributed by atoms with Crippen LogP contribution in [0.1, 0.15) is 11.1 Å². The Hall–Kier alpha value is -2.89. The number of phenolic OH excluding ortho intramolecular Hbond substituents is 1. The van der Waals surface area contributed by atoms with Crippen LogP contribution in [0, 0.1) is 0 Å². The smallest absolute Gasteiger partial charge is 0.213 e. The van der Waals surface area contributed by atoms with E-state index in [-0.39, 0.29) is 0 Å². The number of methoxy groups -OCH3 is 1. The Morgan fingerprint density at radius 2 is 1.59 bits per heavy atom. The molecule has 0 atom stereocenters. The molecule has 5 nitrogen and oxygen atoms in total. The van der Waals surface area contributed by atoms with Crippen molar-refractivity contribution >= 4 is 0 Å². The summed E-state index contributed by atoms with van der Waals surface area (Å²) >= 11 is 0. The zero-order valence-corrected chi connectivity index (χ0v) is 16.8. The average molecular weight is 389 g/mol. The zero-order chi connectivity index (χ0) is 20.1. The molecule has 1 fully saturated rings. The maximum absolute atomic E-state index is 10.4. The molecule has 0 amide bonds. The summed E-state index contributed by atoms with van der Waals surface area (Å²) in [5.74, 6) is 0.926. The first-order valence-corrected chi connectivity index (χ1v) is 10.0. The average Bonchev–Trinajstić information content (AvgIpc) is 2.77. The molecule has 29 heavy (non-hydrogen) atoms. The predicted molar refractivity (Wildman–Crippen MR) is 115 cm³/mol. The van der Waals surface area contributed by atoms with Gasteiger partial charge in [-0.05, 0) is 29.8 Å². The molecule has 1 aromatic heterocycles. The van der Waals surface area contributed by atoms with E-state index in [1.54, 1.807) is 13.2 Å². The molecule has 1 aliphatic heterocycles. The van der Waals surface area contributed by atoms with Gasteiger partial charge in [-0.3, -0.25) is 9.80 Å². The molecular formula is C24H27N3O2. The van der Waals surface area contributed by atoms with Crippen LogP contribution in [-0.4, -0.2) is 53.2 Å². The first-order valence-electron chi connectivity index (χ1n) is 10.0. The highest BCUT2D eigenvalue weighted by atomic mass is 16.5. The Labute approximate surface area is 172 Å². The van der Waals surface area contributed by atoms with Crippen LogP contribution in [0.4, 0.5) is 0 Å². The van der Waals surface area contributed by atoms with E-state index in [4.69, 9.17) is 4.74 Å². The third-order valence-electron chi connectivity index (χ3n) is 5.42. The van der Waals surface area contributed by atoms with Gasteiger partial charge in [0.05, 0.1) is 12.8 Å². The van der Waals surface area contributed by atoms with Crippen LogP contribution in [-0.2, 0) is 13.1 Å². The lowest BCUT2D eigenvalue weighted by Gasteiger charge is -2.34. The van der Waals surface area contributed by atoms with E-state index in [9.17, 15) is 5.11 Å². The number of rotatable bonds is 6. The van der Waals surface area contributed by atoms with E-state index in [1.807, 2.05) is 30.3 Å². The van der Waals surface area contributed by atoms with Gasteiger partial charge in [-0.25, -0.2) is 4.98 Å². The van der Waals surface area contributed by atoms with Gasteiger partial charge in [-0.1, -0.05) is 36.4 Å². The fourth-order valence-electron chi connectivity index (χ4n) is 3.75. The molecular weight excluding hydrogens is 362 g/mol. The van der Waals surface area contributed by atoms with Gasteiger partial charge < -0.3 is 9.84 Å².